The Hall–Kier alpha value is -2.20. The summed E-state index contributed by atoms with van der Waals surface area (Å²) in [6.07, 6.45) is 0.594. The fraction of sp³-hybridized carbons (Fsp3) is 0.250. The standard InChI is InChI=1S/C16H18N2O2/c1-12-8-9-14(16(10-12)18(19)20)11-15(17-2)13-6-4-3-5-7-13/h3-10,15,17H,11H2,1-2H3. The van der Waals surface area contributed by atoms with E-state index in [2.05, 4.69) is 5.32 Å². The van der Waals surface area contributed by atoms with Crippen LogP contribution in [-0.4, -0.2) is 12.0 Å². The first-order valence-corrected chi connectivity index (χ1v) is 6.58. The summed E-state index contributed by atoms with van der Waals surface area (Å²) < 4.78 is 0. The van der Waals surface area contributed by atoms with Gasteiger partial charge in [0.05, 0.1) is 4.92 Å². The van der Waals surface area contributed by atoms with Gasteiger partial charge in [0.15, 0.2) is 0 Å². The minimum absolute atomic E-state index is 0.0672. The third-order valence-corrected chi connectivity index (χ3v) is 3.41. The Labute approximate surface area is 118 Å². The molecule has 0 spiro atoms. The molecule has 2 aromatic carbocycles. The number of hydrogen-bond acceptors (Lipinski definition) is 3. The molecule has 104 valence electrons. The zero-order valence-electron chi connectivity index (χ0n) is 11.7. The second-order valence-electron chi connectivity index (χ2n) is 4.85. The molecule has 1 unspecified atom stereocenters. The van der Waals surface area contributed by atoms with E-state index < -0.39 is 0 Å². The molecule has 1 atom stereocenters. The van der Waals surface area contributed by atoms with Crippen molar-refractivity contribution in [2.45, 2.75) is 19.4 Å². The molecular weight excluding hydrogens is 252 g/mol. The van der Waals surface area contributed by atoms with Crippen LogP contribution in [0, 0.1) is 17.0 Å². The molecule has 2 rings (SSSR count). The lowest BCUT2D eigenvalue weighted by atomic mass is 9.97. The van der Waals surface area contributed by atoms with Crippen molar-refractivity contribution in [1.82, 2.24) is 5.32 Å². The average Bonchev–Trinajstić information content (AvgIpc) is 2.46. The fourth-order valence-electron chi connectivity index (χ4n) is 2.31. The van der Waals surface area contributed by atoms with Crippen LogP contribution in [0.2, 0.25) is 0 Å². The van der Waals surface area contributed by atoms with E-state index >= 15 is 0 Å². The van der Waals surface area contributed by atoms with Gasteiger partial charge in [-0.15, -0.1) is 0 Å². The van der Waals surface area contributed by atoms with E-state index in [0.717, 1.165) is 16.7 Å². The monoisotopic (exact) mass is 270 g/mol. The van der Waals surface area contributed by atoms with Crippen LogP contribution in [0.5, 0.6) is 0 Å². The van der Waals surface area contributed by atoms with Crippen LogP contribution in [0.15, 0.2) is 48.5 Å². The number of nitrogens with zero attached hydrogens (tertiary/aromatic N) is 1. The highest BCUT2D eigenvalue weighted by atomic mass is 16.6. The van der Waals surface area contributed by atoms with Gasteiger partial charge in [0.2, 0.25) is 0 Å². The summed E-state index contributed by atoms with van der Waals surface area (Å²) in [6.45, 7) is 1.86. The Balaban J connectivity index is 2.31. The molecular formula is C16H18N2O2. The number of hydrogen-bond donors (Lipinski definition) is 1. The van der Waals surface area contributed by atoms with E-state index in [1.165, 1.54) is 0 Å². The molecule has 0 saturated heterocycles. The molecule has 4 heteroatoms. The van der Waals surface area contributed by atoms with E-state index in [9.17, 15) is 10.1 Å². The molecule has 20 heavy (non-hydrogen) atoms. The lowest BCUT2D eigenvalue weighted by Crippen LogP contribution is -2.19. The molecule has 0 saturated carbocycles. The van der Waals surface area contributed by atoms with Gasteiger partial charge in [-0.2, -0.15) is 0 Å². The summed E-state index contributed by atoms with van der Waals surface area (Å²) in [5.74, 6) is 0. The molecule has 0 aromatic heterocycles. The van der Waals surface area contributed by atoms with Crippen molar-refractivity contribution in [3.63, 3.8) is 0 Å². The normalized spacial score (nSPS) is 12.1. The van der Waals surface area contributed by atoms with Gasteiger partial charge >= 0.3 is 0 Å². The first-order chi connectivity index (χ1) is 9.61. The maximum absolute atomic E-state index is 11.2. The fourth-order valence-corrected chi connectivity index (χ4v) is 2.31. The third kappa shape index (κ3) is 3.22. The Morgan fingerprint density at radius 2 is 1.90 bits per heavy atom. The summed E-state index contributed by atoms with van der Waals surface area (Å²) >= 11 is 0. The van der Waals surface area contributed by atoms with Gasteiger partial charge in [0.1, 0.15) is 0 Å². The van der Waals surface area contributed by atoms with E-state index in [1.807, 2.05) is 56.4 Å². The molecule has 0 radical (unpaired) electrons. The molecule has 4 nitrogen and oxygen atoms in total. The number of likely N-dealkylation sites (N-methyl/N-ethyl adjacent to an activating group) is 1. The van der Waals surface area contributed by atoms with Gasteiger partial charge in [-0.1, -0.05) is 42.5 Å². The van der Waals surface area contributed by atoms with Crippen molar-refractivity contribution in [3.05, 3.63) is 75.3 Å². The third-order valence-electron chi connectivity index (χ3n) is 3.41. The van der Waals surface area contributed by atoms with E-state index in [1.54, 1.807) is 6.07 Å². The number of aryl methyl sites for hydroxylation is 1. The highest BCUT2D eigenvalue weighted by molar-refractivity contribution is 5.44. The maximum atomic E-state index is 11.2. The highest BCUT2D eigenvalue weighted by Crippen LogP contribution is 2.26. The van der Waals surface area contributed by atoms with Gasteiger partial charge in [-0.05, 0) is 31.5 Å². The van der Waals surface area contributed by atoms with Crippen LogP contribution >= 0.6 is 0 Å². The largest absolute Gasteiger partial charge is 0.313 e. The van der Waals surface area contributed by atoms with Crippen molar-refractivity contribution in [3.8, 4) is 0 Å². The quantitative estimate of drug-likeness (QED) is 0.669. The number of rotatable bonds is 5. The van der Waals surface area contributed by atoms with Crippen molar-refractivity contribution >= 4 is 5.69 Å². The van der Waals surface area contributed by atoms with Gasteiger partial charge < -0.3 is 5.32 Å². The summed E-state index contributed by atoms with van der Waals surface area (Å²) in [7, 11) is 1.87. The predicted molar refractivity (Wildman–Crippen MR) is 79.8 cm³/mol. The molecule has 0 aliphatic heterocycles. The first-order valence-electron chi connectivity index (χ1n) is 6.58. The topological polar surface area (TPSA) is 55.2 Å². The van der Waals surface area contributed by atoms with Crippen LogP contribution in [0.25, 0.3) is 0 Å². The van der Waals surface area contributed by atoms with Crippen molar-refractivity contribution in [1.29, 1.82) is 0 Å². The molecule has 0 amide bonds. The lowest BCUT2D eigenvalue weighted by molar-refractivity contribution is -0.385. The van der Waals surface area contributed by atoms with Crippen molar-refractivity contribution in [2.24, 2.45) is 0 Å². The molecule has 1 N–H and O–H groups in total. The second-order valence-corrected chi connectivity index (χ2v) is 4.85. The number of benzene rings is 2. The lowest BCUT2D eigenvalue weighted by Gasteiger charge is -2.17. The molecule has 2 aromatic rings. The molecule has 0 bridgehead atoms. The maximum Gasteiger partial charge on any atom is 0.272 e. The van der Waals surface area contributed by atoms with Crippen LogP contribution in [0.3, 0.4) is 0 Å². The smallest absolute Gasteiger partial charge is 0.272 e. The summed E-state index contributed by atoms with van der Waals surface area (Å²) in [4.78, 5) is 10.9. The average molecular weight is 270 g/mol. The van der Waals surface area contributed by atoms with Gasteiger partial charge in [-0.25, -0.2) is 0 Å². The number of nitro benzene ring substituents is 1. The van der Waals surface area contributed by atoms with E-state index in [-0.39, 0.29) is 16.7 Å². The molecule has 0 fully saturated rings. The number of nitrogens with one attached hydrogen (secondary N) is 1. The molecule has 0 heterocycles. The zero-order chi connectivity index (χ0) is 14.5. The summed E-state index contributed by atoms with van der Waals surface area (Å²) in [6, 6.07) is 15.4. The summed E-state index contributed by atoms with van der Waals surface area (Å²) in [5.41, 5.74) is 2.98. The molecule has 0 aliphatic carbocycles. The SMILES string of the molecule is CNC(Cc1ccc(C)cc1[N+](=O)[O-])c1ccccc1. The van der Waals surface area contributed by atoms with Crippen LogP contribution < -0.4 is 5.32 Å². The van der Waals surface area contributed by atoms with Crippen molar-refractivity contribution < 1.29 is 4.92 Å². The van der Waals surface area contributed by atoms with E-state index in [0.29, 0.717) is 6.42 Å². The Kier molecular flexibility index (Phi) is 4.48. The predicted octanol–water partition coefficient (Wildman–Crippen LogP) is 3.41. The minimum atomic E-state index is -0.306. The van der Waals surface area contributed by atoms with Crippen LogP contribution in [-0.2, 0) is 6.42 Å². The van der Waals surface area contributed by atoms with E-state index in [4.69, 9.17) is 0 Å². The van der Waals surface area contributed by atoms with Crippen molar-refractivity contribution in [2.75, 3.05) is 7.05 Å². The minimum Gasteiger partial charge on any atom is -0.313 e. The summed E-state index contributed by atoms with van der Waals surface area (Å²) in [5, 5.41) is 14.4. The van der Waals surface area contributed by atoms with Gasteiger partial charge in [0, 0.05) is 17.7 Å². The Morgan fingerprint density at radius 1 is 1.20 bits per heavy atom. The van der Waals surface area contributed by atoms with Gasteiger partial charge in [-0.3, -0.25) is 10.1 Å². The Morgan fingerprint density at radius 3 is 2.50 bits per heavy atom. The zero-order valence-corrected chi connectivity index (χ0v) is 11.7. The first kappa shape index (κ1) is 14.2. The van der Waals surface area contributed by atoms with Crippen LogP contribution in [0.4, 0.5) is 5.69 Å². The van der Waals surface area contributed by atoms with Gasteiger partial charge in [0.25, 0.3) is 5.69 Å². The second kappa shape index (κ2) is 6.30. The molecule has 0 aliphatic rings. The Bertz CT molecular complexity index is 597. The highest BCUT2D eigenvalue weighted by Gasteiger charge is 2.18. The number of nitro groups is 1. The van der Waals surface area contributed by atoms with Crippen LogP contribution in [0.1, 0.15) is 22.7 Å².